The number of carbonyl (C=O) groups excluding carboxylic acids is 6. The molecule has 1 saturated heterocycles. The zero-order chi connectivity index (χ0) is 23.8. The number of hydrogen-bond donors (Lipinski definition) is 4. The van der Waals surface area contributed by atoms with Crippen molar-refractivity contribution in [1.29, 1.82) is 0 Å². The first-order valence-electron chi connectivity index (χ1n) is 9.27. The SMILES string of the molecule is CNC(=O)CNC(=O)COc1ccc2c(c1)C(=O)N(C1CCC(=O)NC1=O)C2=O.O=CO. The highest BCUT2D eigenvalue weighted by Crippen LogP contribution is 2.30. The molecule has 13 nitrogen and oxygen atoms in total. The lowest BCUT2D eigenvalue weighted by Gasteiger charge is -2.27. The molecular formula is C19H20N4O9. The average molecular weight is 448 g/mol. The summed E-state index contributed by atoms with van der Waals surface area (Å²) >= 11 is 0. The van der Waals surface area contributed by atoms with Gasteiger partial charge >= 0.3 is 0 Å². The Balaban J connectivity index is 0.00000114. The summed E-state index contributed by atoms with van der Waals surface area (Å²) in [5, 5.41) is 13.7. The Labute approximate surface area is 181 Å². The smallest absolute Gasteiger partial charge is 0.290 e. The van der Waals surface area contributed by atoms with Crippen molar-refractivity contribution in [3.05, 3.63) is 29.3 Å². The van der Waals surface area contributed by atoms with Gasteiger partial charge in [0, 0.05) is 13.5 Å². The van der Waals surface area contributed by atoms with Gasteiger partial charge in [-0.25, -0.2) is 0 Å². The van der Waals surface area contributed by atoms with Crippen LogP contribution in [0.25, 0.3) is 0 Å². The van der Waals surface area contributed by atoms with Crippen LogP contribution in [0.4, 0.5) is 0 Å². The number of nitrogens with zero attached hydrogens (tertiary/aromatic N) is 1. The lowest BCUT2D eigenvalue weighted by Crippen LogP contribution is -2.54. The monoisotopic (exact) mass is 448 g/mol. The Morgan fingerprint density at radius 1 is 1.19 bits per heavy atom. The number of piperidine rings is 1. The molecule has 170 valence electrons. The molecule has 6 amide bonds. The highest BCUT2D eigenvalue weighted by atomic mass is 16.5. The molecule has 0 saturated carbocycles. The van der Waals surface area contributed by atoms with Gasteiger partial charge < -0.3 is 20.5 Å². The molecule has 2 heterocycles. The molecule has 32 heavy (non-hydrogen) atoms. The van der Waals surface area contributed by atoms with Gasteiger partial charge in [-0.2, -0.15) is 0 Å². The fraction of sp³-hybridized carbons (Fsp3) is 0.316. The summed E-state index contributed by atoms with van der Waals surface area (Å²) in [5.41, 5.74) is 0.152. The second kappa shape index (κ2) is 10.7. The number of imide groups is 2. The maximum Gasteiger partial charge on any atom is 0.290 e. The second-order valence-electron chi connectivity index (χ2n) is 6.50. The van der Waals surface area contributed by atoms with E-state index in [1.165, 1.54) is 25.2 Å². The number of ether oxygens (including phenoxy) is 1. The normalized spacial score (nSPS) is 16.9. The molecule has 1 unspecified atom stereocenters. The van der Waals surface area contributed by atoms with E-state index in [1.807, 2.05) is 0 Å². The van der Waals surface area contributed by atoms with Crippen LogP contribution < -0.4 is 20.7 Å². The fourth-order valence-electron chi connectivity index (χ4n) is 3.01. The Kier molecular flexibility index (Phi) is 7.98. The Morgan fingerprint density at radius 2 is 1.84 bits per heavy atom. The first-order chi connectivity index (χ1) is 15.2. The largest absolute Gasteiger partial charge is 0.484 e. The van der Waals surface area contributed by atoms with E-state index in [-0.39, 0.29) is 48.6 Å². The summed E-state index contributed by atoms with van der Waals surface area (Å²) in [7, 11) is 1.44. The van der Waals surface area contributed by atoms with Crippen LogP contribution in [0.1, 0.15) is 33.6 Å². The summed E-state index contributed by atoms with van der Waals surface area (Å²) in [5.74, 6) is -3.18. The van der Waals surface area contributed by atoms with E-state index in [0.29, 0.717) is 0 Å². The predicted molar refractivity (Wildman–Crippen MR) is 104 cm³/mol. The van der Waals surface area contributed by atoms with Gasteiger partial charge in [0.25, 0.3) is 24.2 Å². The minimum absolute atomic E-state index is 0.0311. The topological polar surface area (TPSA) is 188 Å². The third kappa shape index (κ3) is 5.44. The molecule has 1 aromatic rings. The highest BCUT2D eigenvalue weighted by molar-refractivity contribution is 6.23. The van der Waals surface area contributed by atoms with Crippen molar-refractivity contribution in [3.63, 3.8) is 0 Å². The predicted octanol–water partition coefficient (Wildman–Crippen LogP) is -1.97. The first-order valence-corrected chi connectivity index (χ1v) is 9.27. The van der Waals surface area contributed by atoms with Gasteiger partial charge in [0.15, 0.2) is 6.61 Å². The van der Waals surface area contributed by atoms with Crippen LogP contribution in [0, 0.1) is 0 Å². The van der Waals surface area contributed by atoms with E-state index in [0.717, 1.165) is 4.90 Å². The molecule has 0 bridgehead atoms. The highest BCUT2D eigenvalue weighted by Gasteiger charge is 2.44. The number of carbonyl (C=O) groups is 7. The van der Waals surface area contributed by atoms with Gasteiger partial charge in [-0.05, 0) is 24.6 Å². The molecule has 13 heteroatoms. The van der Waals surface area contributed by atoms with Crippen LogP contribution in [0.3, 0.4) is 0 Å². The summed E-state index contributed by atoms with van der Waals surface area (Å²) in [6.45, 7) is -0.842. The maximum atomic E-state index is 12.7. The van der Waals surface area contributed by atoms with Gasteiger partial charge in [0.1, 0.15) is 11.8 Å². The van der Waals surface area contributed by atoms with Crippen LogP contribution >= 0.6 is 0 Å². The molecule has 0 spiro atoms. The lowest BCUT2D eigenvalue weighted by atomic mass is 10.0. The number of amides is 6. The number of rotatable bonds is 6. The van der Waals surface area contributed by atoms with Crippen molar-refractivity contribution in [1.82, 2.24) is 20.9 Å². The molecule has 1 atom stereocenters. The summed E-state index contributed by atoms with van der Waals surface area (Å²) in [6, 6.07) is 3.05. The van der Waals surface area contributed by atoms with Gasteiger partial charge in [-0.1, -0.05) is 0 Å². The lowest BCUT2D eigenvalue weighted by molar-refractivity contribution is -0.136. The van der Waals surface area contributed by atoms with Gasteiger partial charge in [-0.3, -0.25) is 43.8 Å². The van der Waals surface area contributed by atoms with E-state index < -0.39 is 42.2 Å². The van der Waals surface area contributed by atoms with Crippen LogP contribution in [0.15, 0.2) is 18.2 Å². The third-order valence-electron chi connectivity index (χ3n) is 4.51. The van der Waals surface area contributed by atoms with Crippen LogP contribution in [0.2, 0.25) is 0 Å². The number of fused-ring (bicyclic) bond motifs is 1. The van der Waals surface area contributed by atoms with Crippen LogP contribution in [-0.4, -0.2) is 78.2 Å². The first kappa shape index (κ1) is 24.0. The molecule has 2 aliphatic heterocycles. The number of nitrogens with one attached hydrogen (secondary N) is 3. The van der Waals surface area contributed by atoms with E-state index in [4.69, 9.17) is 14.6 Å². The summed E-state index contributed by atoms with van der Waals surface area (Å²) in [4.78, 5) is 80.6. The van der Waals surface area contributed by atoms with Gasteiger partial charge in [0.2, 0.25) is 17.7 Å². The standard InChI is InChI=1S/C18H18N4O7.CH2O2/c1-19-14(24)7-20-15(25)8-29-9-2-3-10-11(6-9)18(28)22(17(10)27)12-4-5-13(23)21-16(12)26;2-1-3/h2-3,6,12H,4-5,7-8H2,1H3,(H,19,24)(H,20,25)(H,21,23,26);1H,(H,2,3). The Morgan fingerprint density at radius 3 is 2.47 bits per heavy atom. The molecule has 0 radical (unpaired) electrons. The average Bonchev–Trinajstić information content (AvgIpc) is 3.01. The zero-order valence-corrected chi connectivity index (χ0v) is 16.9. The molecule has 3 rings (SSSR count). The summed E-state index contributed by atoms with van der Waals surface area (Å²) in [6.07, 6.45) is 0.0916. The fourth-order valence-corrected chi connectivity index (χ4v) is 3.01. The van der Waals surface area contributed by atoms with Crippen molar-refractivity contribution < 1.29 is 43.4 Å². The van der Waals surface area contributed by atoms with E-state index in [1.54, 1.807) is 0 Å². The number of carboxylic acid groups (broad SMARTS) is 1. The number of benzene rings is 1. The van der Waals surface area contributed by atoms with Crippen molar-refractivity contribution in [2.45, 2.75) is 18.9 Å². The van der Waals surface area contributed by atoms with Gasteiger partial charge in [0.05, 0.1) is 17.7 Å². The minimum atomic E-state index is -1.06. The third-order valence-corrected chi connectivity index (χ3v) is 4.51. The van der Waals surface area contributed by atoms with Crippen molar-refractivity contribution in [2.75, 3.05) is 20.2 Å². The maximum absolute atomic E-state index is 12.7. The van der Waals surface area contributed by atoms with Crippen LogP contribution in [0.5, 0.6) is 5.75 Å². The van der Waals surface area contributed by atoms with E-state index in [2.05, 4.69) is 16.0 Å². The molecule has 1 fully saturated rings. The van der Waals surface area contributed by atoms with E-state index in [9.17, 15) is 28.8 Å². The van der Waals surface area contributed by atoms with E-state index >= 15 is 0 Å². The Hall–Kier alpha value is -4.29. The molecule has 0 aromatic heterocycles. The van der Waals surface area contributed by atoms with Crippen molar-refractivity contribution >= 4 is 41.9 Å². The molecule has 0 aliphatic carbocycles. The number of hydrogen-bond acceptors (Lipinski definition) is 8. The van der Waals surface area contributed by atoms with Crippen LogP contribution in [-0.2, 0) is 24.0 Å². The quantitative estimate of drug-likeness (QED) is 0.283. The van der Waals surface area contributed by atoms with Crippen molar-refractivity contribution in [2.24, 2.45) is 0 Å². The molecular weight excluding hydrogens is 428 g/mol. The van der Waals surface area contributed by atoms with Gasteiger partial charge in [-0.15, -0.1) is 0 Å². The molecule has 2 aliphatic rings. The molecule has 1 aromatic carbocycles. The van der Waals surface area contributed by atoms with Crippen molar-refractivity contribution in [3.8, 4) is 5.75 Å². The second-order valence-corrected chi connectivity index (χ2v) is 6.50. The summed E-state index contributed by atoms with van der Waals surface area (Å²) < 4.78 is 5.31. The Bertz CT molecular complexity index is 976. The number of likely N-dealkylation sites (N-methyl/N-ethyl adjacent to an activating group) is 1. The zero-order valence-electron chi connectivity index (χ0n) is 16.9. The molecule has 4 N–H and O–H groups in total. The minimum Gasteiger partial charge on any atom is -0.484 e.